The van der Waals surface area contributed by atoms with Crippen LogP contribution in [0, 0.1) is 10.1 Å². The summed E-state index contributed by atoms with van der Waals surface area (Å²) in [5, 5.41) is 10.6. The quantitative estimate of drug-likeness (QED) is 0.597. The number of likely N-dealkylation sites (N-methyl/N-ethyl adjacent to an activating group) is 1. The molecule has 0 aromatic heterocycles. The zero-order chi connectivity index (χ0) is 16.3. The molecule has 1 unspecified atom stereocenters. The van der Waals surface area contributed by atoms with Gasteiger partial charge in [-0.25, -0.2) is 8.42 Å². The second kappa shape index (κ2) is 6.43. The summed E-state index contributed by atoms with van der Waals surface area (Å²) in [4.78, 5) is 24.1. The van der Waals surface area contributed by atoms with Crippen molar-refractivity contribution in [1.82, 2.24) is 4.90 Å². The zero-order valence-electron chi connectivity index (χ0n) is 12.3. The number of hydrogen-bond donors (Lipinski definition) is 0. The van der Waals surface area contributed by atoms with Crippen molar-refractivity contribution in [1.29, 1.82) is 0 Å². The Kier molecular flexibility index (Phi) is 4.80. The van der Waals surface area contributed by atoms with Gasteiger partial charge in [-0.05, 0) is 18.9 Å². The number of rotatable bonds is 5. The largest absolute Gasteiger partial charge is 0.339 e. The number of hydrogen-bond acceptors (Lipinski definition) is 5. The van der Waals surface area contributed by atoms with Gasteiger partial charge in [-0.3, -0.25) is 14.9 Å². The Labute approximate surface area is 129 Å². The van der Waals surface area contributed by atoms with Gasteiger partial charge in [0.25, 0.3) is 5.69 Å². The molecule has 7 nitrogen and oxygen atoms in total. The van der Waals surface area contributed by atoms with Gasteiger partial charge in [-0.2, -0.15) is 0 Å². The number of sulfone groups is 1. The molecule has 1 aromatic rings. The maximum Gasteiger partial charge on any atom is 0.269 e. The molecular formula is C14H18N2O5S. The van der Waals surface area contributed by atoms with E-state index in [1.54, 1.807) is 17.0 Å². The minimum atomic E-state index is -3.04. The van der Waals surface area contributed by atoms with Crippen LogP contribution in [0.2, 0.25) is 0 Å². The molecule has 120 valence electrons. The van der Waals surface area contributed by atoms with Crippen molar-refractivity contribution in [2.45, 2.75) is 25.8 Å². The van der Waals surface area contributed by atoms with Crippen molar-refractivity contribution >= 4 is 21.4 Å². The summed E-state index contributed by atoms with van der Waals surface area (Å²) in [6, 6.07) is 5.56. The van der Waals surface area contributed by atoms with E-state index in [1.165, 1.54) is 12.1 Å². The SMILES string of the molecule is CCN(C(=O)Cc1ccc([N+](=O)[O-])cc1)C1CCS(=O)(=O)C1. The van der Waals surface area contributed by atoms with Crippen molar-refractivity contribution in [3.63, 3.8) is 0 Å². The molecule has 2 rings (SSSR count). The monoisotopic (exact) mass is 326 g/mol. The molecule has 8 heteroatoms. The summed E-state index contributed by atoms with van der Waals surface area (Å²) in [5.74, 6) is -0.00955. The topological polar surface area (TPSA) is 97.6 Å². The molecule has 1 fully saturated rings. The van der Waals surface area contributed by atoms with Gasteiger partial charge in [-0.1, -0.05) is 12.1 Å². The van der Waals surface area contributed by atoms with Crippen molar-refractivity contribution in [2.75, 3.05) is 18.1 Å². The van der Waals surface area contributed by atoms with Gasteiger partial charge in [0.2, 0.25) is 5.91 Å². The molecule has 0 spiro atoms. The second-order valence-corrected chi connectivity index (χ2v) is 7.57. The van der Waals surface area contributed by atoms with Gasteiger partial charge in [0.15, 0.2) is 9.84 Å². The molecule has 0 saturated carbocycles. The molecule has 1 amide bonds. The average Bonchev–Trinajstić information content (AvgIpc) is 2.80. The fourth-order valence-corrected chi connectivity index (χ4v) is 4.40. The van der Waals surface area contributed by atoms with Crippen LogP contribution in [0.25, 0.3) is 0 Å². The van der Waals surface area contributed by atoms with E-state index in [4.69, 9.17) is 0 Å². The van der Waals surface area contributed by atoms with Crippen LogP contribution in [0.15, 0.2) is 24.3 Å². The van der Waals surface area contributed by atoms with Crippen LogP contribution in [-0.2, 0) is 21.1 Å². The van der Waals surface area contributed by atoms with Crippen molar-refractivity contribution < 1.29 is 18.1 Å². The van der Waals surface area contributed by atoms with Gasteiger partial charge >= 0.3 is 0 Å². The number of nitro groups is 1. The van der Waals surface area contributed by atoms with Crippen molar-refractivity contribution in [2.24, 2.45) is 0 Å². The summed E-state index contributed by atoms with van der Waals surface area (Å²) in [7, 11) is -3.04. The van der Waals surface area contributed by atoms with E-state index in [2.05, 4.69) is 0 Å². The normalized spacial score (nSPS) is 19.8. The summed E-state index contributed by atoms with van der Waals surface area (Å²) >= 11 is 0. The first-order chi connectivity index (χ1) is 10.3. The highest BCUT2D eigenvalue weighted by molar-refractivity contribution is 7.91. The van der Waals surface area contributed by atoms with Gasteiger partial charge in [-0.15, -0.1) is 0 Å². The van der Waals surface area contributed by atoms with Crippen LogP contribution >= 0.6 is 0 Å². The van der Waals surface area contributed by atoms with Gasteiger partial charge in [0.1, 0.15) is 0 Å². The number of nitro benzene ring substituents is 1. The standard InChI is InChI=1S/C14H18N2O5S/c1-2-15(13-7-8-22(20,21)10-13)14(17)9-11-3-5-12(6-4-11)16(18)19/h3-6,13H,2,7-10H2,1H3. The predicted octanol–water partition coefficient (Wildman–Crippen LogP) is 1.17. The van der Waals surface area contributed by atoms with Crippen LogP contribution in [0.3, 0.4) is 0 Å². The van der Waals surface area contributed by atoms with Crippen LogP contribution in [0.1, 0.15) is 18.9 Å². The number of carbonyl (C=O) groups is 1. The number of amides is 1. The van der Waals surface area contributed by atoms with Crippen LogP contribution < -0.4 is 0 Å². The number of benzene rings is 1. The molecule has 1 atom stereocenters. The van der Waals surface area contributed by atoms with E-state index in [0.717, 1.165) is 0 Å². The smallest absolute Gasteiger partial charge is 0.269 e. The lowest BCUT2D eigenvalue weighted by molar-refractivity contribution is -0.384. The average molecular weight is 326 g/mol. The van der Waals surface area contributed by atoms with E-state index >= 15 is 0 Å². The molecule has 0 aliphatic carbocycles. The minimum absolute atomic E-state index is 0.0207. The molecular weight excluding hydrogens is 308 g/mol. The molecule has 1 aliphatic heterocycles. The third-order valence-corrected chi connectivity index (χ3v) is 5.56. The maximum absolute atomic E-state index is 12.4. The molecule has 1 saturated heterocycles. The van der Waals surface area contributed by atoms with Gasteiger partial charge < -0.3 is 4.90 Å². The Morgan fingerprint density at radius 1 is 1.36 bits per heavy atom. The third kappa shape index (κ3) is 3.82. The lowest BCUT2D eigenvalue weighted by atomic mass is 10.1. The lowest BCUT2D eigenvalue weighted by Gasteiger charge is -2.27. The third-order valence-electron chi connectivity index (χ3n) is 3.81. The van der Waals surface area contributed by atoms with E-state index in [1.807, 2.05) is 6.92 Å². The first kappa shape index (κ1) is 16.4. The van der Waals surface area contributed by atoms with Gasteiger partial charge in [0, 0.05) is 24.7 Å². The van der Waals surface area contributed by atoms with Crippen LogP contribution in [0.4, 0.5) is 5.69 Å². The number of non-ortho nitro benzene ring substituents is 1. The minimum Gasteiger partial charge on any atom is -0.339 e. The van der Waals surface area contributed by atoms with E-state index in [0.29, 0.717) is 18.5 Å². The lowest BCUT2D eigenvalue weighted by Crippen LogP contribution is -2.41. The molecule has 0 N–H and O–H groups in total. The Morgan fingerprint density at radius 3 is 2.45 bits per heavy atom. The zero-order valence-corrected chi connectivity index (χ0v) is 13.1. The van der Waals surface area contributed by atoms with E-state index < -0.39 is 14.8 Å². The van der Waals surface area contributed by atoms with Gasteiger partial charge in [0.05, 0.1) is 22.8 Å². The summed E-state index contributed by atoms with van der Waals surface area (Å²) in [6.07, 6.45) is 0.588. The number of nitrogens with zero attached hydrogens (tertiary/aromatic N) is 2. The first-order valence-electron chi connectivity index (χ1n) is 7.05. The summed E-state index contributed by atoms with van der Waals surface area (Å²) in [5.41, 5.74) is 0.653. The van der Waals surface area contributed by atoms with Crippen molar-refractivity contribution in [3.05, 3.63) is 39.9 Å². The van der Waals surface area contributed by atoms with Crippen LogP contribution in [0.5, 0.6) is 0 Å². The maximum atomic E-state index is 12.4. The molecule has 1 aromatic carbocycles. The fourth-order valence-electron chi connectivity index (χ4n) is 2.67. The molecule has 22 heavy (non-hydrogen) atoms. The molecule has 1 heterocycles. The van der Waals surface area contributed by atoms with Crippen molar-refractivity contribution in [3.8, 4) is 0 Å². The van der Waals surface area contributed by atoms with E-state index in [-0.39, 0.29) is 35.6 Å². The Balaban J connectivity index is 2.05. The Morgan fingerprint density at radius 2 is 2.00 bits per heavy atom. The van der Waals surface area contributed by atoms with E-state index in [9.17, 15) is 23.3 Å². The predicted molar refractivity (Wildman–Crippen MR) is 81.2 cm³/mol. The van der Waals surface area contributed by atoms with Crippen LogP contribution in [-0.4, -0.2) is 48.2 Å². The molecule has 1 aliphatic rings. The molecule has 0 bridgehead atoms. The fraction of sp³-hybridized carbons (Fsp3) is 0.500. The second-order valence-electron chi connectivity index (χ2n) is 5.34. The first-order valence-corrected chi connectivity index (χ1v) is 8.88. The summed E-state index contributed by atoms with van der Waals surface area (Å²) < 4.78 is 23.1. The highest BCUT2D eigenvalue weighted by atomic mass is 32.2. The Hall–Kier alpha value is -1.96. The highest BCUT2D eigenvalue weighted by Crippen LogP contribution is 2.19. The Bertz CT molecular complexity index is 669. The number of carbonyl (C=O) groups excluding carboxylic acids is 1. The summed E-state index contributed by atoms with van der Waals surface area (Å²) in [6.45, 7) is 2.27. The highest BCUT2D eigenvalue weighted by Gasteiger charge is 2.33. The molecule has 0 radical (unpaired) electrons.